The number of thioether (sulfide) groups is 1. The van der Waals surface area contributed by atoms with Gasteiger partial charge in [0, 0.05) is 28.6 Å². The number of nitrogen functional groups attached to an aromatic ring is 1. The maximum atomic E-state index is 6.01. The predicted molar refractivity (Wildman–Crippen MR) is 82.4 cm³/mol. The third kappa shape index (κ3) is 3.53. The first kappa shape index (κ1) is 14.0. The number of anilines is 1. The molecular formula is C15H21N3S. The van der Waals surface area contributed by atoms with E-state index < -0.39 is 0 Å². The van der Waals surface area contributed by atoms with Gasteiger partial charge < -0.3 is 5.73 Å². The third-order valence-electron chi connectivity index (χ3n) is 3.25. The largest absolute Gasteiger partial charge is 0.398 e. The second-order valence-corrected chi connectivity index (χ2v) is 5.89. The zero-order valence-corrected chi connectivity index (χ0v) is 12.6. The summed E-state index contributed by atoms with van der Waals surface area (Å²) in [5, 5.41) is 4.60. The van der Waals surface area contributed by atoms with Crippen LogP contribution in [-0.4, -0.2) is 9.78 Å². The van der Waals surface area contributed by atoms with Crippen molar-refractivity contribution in [3.05, 3.63) is 41.7 Å². The van der Waals surface area contributed by atoms with Crippen LogP contribution >= 0.6 is 11.8 Å². The zero-order valence-electron chi connectivity index (χ0n) is 11.8. The molecule has 102 valence electrons. The fourth-order valence-electron chi connectivity index (χ4n) is 1.84. The minimum Gasteiger partial charge on any atom is -0.398 e. The van der Waals surface area contributed by atoms with Crippen LogP contribution in [0.15, 0.2) is 35.4 Å². The predicted octanol–water partition coefficient (Wildman–Crippen LogP) is 4.04. The third-order valence-corrected chi connectivity index (χ3v) is 4.37. The number of rotatable bonds is 5. The zero-order chi connectivity index (χ0) is 13.8. The van der Waals surface area contributed by atoms with Gasteiger partial charge in [-0.05, 0) is 44.0 Å². The highest BCUT2D eigenvalue weighted by atomic mass is 32.2. The van der Waals surface area contributed by atoms with Crippen LogP contribution in [0.3, 0.4) is 0 Å². The maximum Gasteiger partial charge on any atom is 0.0727 e. The van der Waals surface area contributed by atoms with Gasteiger partial charge in [0.15, 0.2) is 0 Å². The lowest BCUT2D eigenvalue weighted by Gasteiger charge is -2.08. The van der Waals surface area contributed by atoms with E-state index in [1.165, 1.54) is 5.56 Å². The summed E-state index contributed by atoms with van der Waals surface area (Å²) in [6.45, 7) is 6.41. The van der Waals surface area contributed by atoms with Gasteiger partial charge in [0.2, 0.25) is 0 Å². The molecule has 0 fully saturated rings. The van der Waals surface area contributed by atoms with Crippen molar-refractivity contribution in [1.29, 1.82) is 0 Å². The van der Waals surface area contributed by atoms with Crippen molar-refractivity contribution in [3.63, 3.8) is 0 Å². The molecule has 0 saturated carbocycles. The van der Waals surface area contributed by atoms with Crippen LogP contribution in [0.4, 0.5) is 5.69 Å². The lowest BCUT2D eigenvalue weighted by molar-refractivity contribution is 0.475. The molecule has 1 heterocycles. The van der Waals surface area contributed by atoms with Crippen LogP contribution < -0.4 is 5.73 Å². The second kappa shape index (κ2) is 6.15. The number of nitrogens with zero attached hydrogens (tertiary/aromatic N) is 2. The summed E-state index contributed by atoms with van der Waals surface area (Å²) in [6, 6.07) is 8.74. The molecule has 0 bridgehead atoms. The minimum atomic E-state index is 0.461. The van der Waals surface area contributed by atoms with E-state index in [1.54, 1.807) is 11.8 Å². The number of hydrogen-bond acceptors (Lipinski definition) is 3. The molecule has 2 aromatic rings. The molecule has 0 aliphatic rings. The van der Waals surface area contributed by atoms with E-state index in [-0.39, 0.29) is 0 Å². The molecule has 1 unspecified atom stereocenters. The van der Waals surface area contributed by atoms with E-state index in [0.29, 0.717) is 6.04 Å². The molecule has 4 heteroatoms. The topological polar surface area (TPSA) is 43.8 Å². The Morgan fingerprint density at radius 3 is 2.84 bits per heavy atom. The van der Waals surface area contributed by atoms with Gasteiger partial charge >= 0.3 is 0 Å². The standard InChI is InChI=1S/C15H21N3S/c1-4-12(3)18-8-7-13(17-18)10-19-15-6-5-11(2)9-14(15)16/h5-9,12H,4,10,16H2,1-3H3. The van der Waals surface area contributed by atoms with Gasteiger partial charge in [-0.3, -0.25) is 4.68 Å². The molecule has 0 aliphatic carbocycles. The van der Waals surface area contributed by atoms with Crippen LogP contribution in [0.1, 0.15) is 37.6 Å². The molecule has 2 N–H and O–H groups in total. The average molecular weight is 275 g/mol. The van der Waals surface area contributed by atoms with E-state index in [4.69, 9.17) is 5.73 Å². The summed E-state index contributed by atoms with van der Waals surface area (Å²) in [4.78, 5) is 1.13. The number of nitrogens with two attached hydrogens (primary N) is 1. The fraction of sp³-hybridized carbons (Fsp3) is 0.400. The van der Waals surface area contributed by atoms with Crippen molar-refractivity contribution < 1.29 is 0 Å². The normalized spacial score (nSPS) is 12.6. The molecule has 1 atom stereocenters. The molecule has 19 heavy (non-hydrogen) atoms. The Labute approximate surface area is 119 Å². The van der Waals surface area contributed by atoms with Gasteiger partial charge in [-0.1, -0.05) is 13.0 Å². The summed E-state index contributed by atoms with van der Waals surface area (Å²) in [5.74, 6) is 0.858. The first-order valence-corrected chi connectivity index (χ1v) is 7.61. The Balaban J connectivity index is 2.00. The molecule has 1 aromatic heterocycles. The SMILES string of the molecule is CCC(C)n1ccc(CSc2ccc(C)cc2N)n1. The lowest BCUT2D eigenvalue weighted by Crippen LogP contribution is -2.04. The summed E-state index contributed by atoms with van der Waals surface area (Å²) in [6.07, 6.45) is 3.15. The summed E-state index contributed by atoms with van der Waals surface area (Å²) in [5.41, 5.74) is 9.17. The van der Waals surface area contributed by atoms with Crippen molar-refractivity contribution in [2.75, 3.05) is 5.73 Å². The summed E-state index contributed by atoms with van der Waals surface area (Å²) in [7, 11) is 0. The number of aromatic nitrogens is 2. The Morgan fingerprint density at radius 2 is 2.16 bits per heavy atom. The molecule has 2 rings (SSSR count). The highest BCUT2D eigenvalue weighted by Gasteiger charge is 2.06. The van der Waals surface area contributed by atoms with Gasteiger partial charge in [0.25, 0.3) is 0 Å². The molecule has 0 radical (unpaired) electrons. The quantitative estimate of drug-likeness (QED) is 0.661. The molecule has 0 saturated heterocycles. The number of aryl methyl sites for hydroxylation is 1. The van der Waals surface area contributed by atoms with E-state index in [0.717, 1.165) is 28.5 Å². The highest BCUT2D eigenvalue weighted by molar-refractivity contribution is 7.98. The molecule has 0 amide bonds. The Morgan fingerprint density at radius 1 is 1.37 bits per heavy atom. The van der Waals surface area contributed by atoms with Gasteiger partial charge in [-0.25, -0.2) is 0 Å². The summed E-state index contributed by atoms with van der Waals surface area (Å²) >= 11 is 1.74. The Bertz CT molecular complexity index is 548. The van der Waals surface area contributed by atoms with Crippen molar-refractivity contribution >= 4 is 17.4 Å². The van der Waals surface area contributed by atoms with E-state index in [1.807, 2.05) is 10.7 Å². The first-order valence-electron chi connectivity index (χ1n) is 6.63. The van der Waals surface area contributed by atoms with E-state index in [2.05, 4.69) is 50.3 Å². The first-order chi connectivity index (χ1) is 9.10. The van der Waals surface area contributed by atoms with Crippen LogP contribution in [0.25, 0.3) is 0 Å². The Kier molecular flexibility index (Phi) is 4.53. The summed E-state index contributed by atoms with van der Waals surface area (Å²) < 4.78 is 2.04. The fourth-order valence-corrected chi connectivity index (χ4v) is 2.69. The van der Waals surface area contributed by atoms with Gasteiger partial charge in [0.05, 0.1) is 5.69 Å². The molecule has 0 aliphatic heterocycles. The molecule has 0 spiro atoms. The highest BCUT2D eigenvalue weighted by Crippen LogP contribution is 2.28. The Hall–Kier alpha value is -1.42. The second-order valence-electron chi connectivity index (χ2n) is 4.87. The van der Waals surface area contributed by atoms with Crippen LogP contribution in [0.2, 0.25) is 0 Å². The lowest BCUT2D eigenvalue weighted by atomic mass is 10.2. The smallest absolute Gasteiger partial charge is 0.0727 e. The number of benzene rings is 1. The molecule has 3 nitrogen and oxygen atoms in total. The van der Waals surface area contributed by atoms with E-state index >= 15 is 0 Å². The average Bonchev–Trinajstić information content (AvgIpc) is 2.85. The molecular weight excluding hydrogens is 254 g/mol. The van der Waals surface area contributed by atoms with Gasteiger partial charge in [-0.2, -0.15) is 5.10 Å². The number of hydrogen-bond donors (Lipinski definition) is 1. The van der Waals surface area contributed by atoms with E-state index in [9.17, 15) is 0 Å². The van der Waals surface area contributed by atoms with Gasteiger partial charge in [0.1, 0.15) is 0 Å². The van der Waals surface area contributed by atoms with Crippen molar-refractivity contribution in [3.8, 4) is 0 Å². The maximum absolute atomic E-state index is 6.01. The minimum absolute atomic E-state index is 0.461. The van der Waals surface area contributed by atoms with Crippen LogP contribution in [-0.2, 0) is 5.75 Å². The van der Waals surface area contributed by atoms with Crippen LogP contribution in [0.5, 0.6) is 0 Å². The van der Waals surface area contributed by atoms with Crippen molar-refractivity contribution in [2.24, 2.45) is 0 Å². The van der Waals surface area contributed by atoms with Gasteiger partial charge in [-0.15, -0.1) is 11.8 Å². The molecule has 1 aromatic carbocycles. The van der Waals surface area contributed by atoms with Crippen molar-refractivity contribution in [2.45, 2.75) is 43.9 Å². The van der Waals surface area contributed by atoms with Crippen molar-refractivity contribution in [1.82, 2.24) is 9.78 Å². The monoisotopic (exact) mass is 275 g/mol. The van der Waals surface area contributed by atoms with Crippen LogP contribution in [0, 0.1) is 6.92 Å².